The Morgan fingerprint density at radius 3 is 2.44 bits per heavy atom. The minimum absolute atomic E-state index is 0.323. The number of anilines is 1. The number of imide groups is 1. The predicted molar refractivity (Wildman–Crippen MR) is 156 cm³/mol. The Morgan fingerprint density at radius 2 is 1.76 bits per heavy atom. The second kappa shape index (κ2) is 11.6. The van der Waals surface area contributed by atoms with E-state index in [1.165, 1.54) is 7.05 Å². The van der Waals surface area contributed by atoms with Gasteiger partial charge in [-0.2, -0.15) is 0 Å². The van der Waals surface area contributed by atoms with Crippen LogP contribution in [0, 0.1) is 25.6 Å². The zero-order valence-electron chi connectivity index (χ0n) is 23.4. The maximum absolute atomic E-state index is 15.3. The van der Waals surface area contributed by atoms with Crippen LogP contribution in [0.1, 0.15) is 16.7 Å². The van der Waals surface area contributed by atoms with Crippen LogP contribution in [0.5, 0.6) is 5.75 Å². The standard InChI is InChI=1S/C31H32FN5O4/c1-17-21(19-11-26(32)24(28(12-19)41-4)15-34-20-13-33-14-20)7-5-8-22(17)23-9-6-10-27(18(23)2)36-29(38)25-16-35-31(40)37(3)30(25)39/h5-12,16,20,25,33-34H,13-15H2,1-4H3,(H,36,38). The van der Waals surface area contributed by atoms with Crippen molar-refractivity contribution in [2.45, 2.75) is 26.4 Å². The molecule has 0 spiro atoms. The molecule has 0 radical (unpaired) electrons. The highest BCUT2D eigenvalue weighted by Crippen LogP contribution is 2.37. The fourth-order valence-electron chi connectivity index (χ4n) is 5.08. The molecule has 212 valence electrons. The van der Waals surface area contributed by atoms with E-state index in [9.17, 15) is 14.4 Å². The second-order valence-corrected chi connectivity index (χ2v) is 10.3. The van der Waals surface area contributed by atoms with Gasteiger partial charge >= 0.3 is 6.03 Å². The van der Waals surface area contributed by atoms with Crippen LogP contribution in [-0.2, 0) is 16.1 Å². The van der Waals surface area contributed by atoms with Gasteiger partial charge in [-0.1, -0.05) is 30.3 Å². The van der Waals surface area contributed by atoms with Crippen molar-refractivity contribution in [2.75, 3.05) is 32.6 Å². The number of methoxy groups -OCH3 is 1. The van der Waals surface area contributed by atoms with Crippen LogP contribution >= 0.6 is 0 Å². The molecule has 1 fully saturated rings. The first-order chi connectivity index (χ1) is 19.7. The van der Waals surface area contributed by atoms with Gasteiger partial charge in [0.1, 0.15) is 11.6 Å². The van der Waals surface area contributed by atoms with Crippen LogP contribution < -0.4 is 20.7 Å². The number of aliphatic imine (C=N–C) groups is 1. The molecule has 0 aliphatic carbocycles. The largest absolute Gasteiger partial charge is 0.496 e. The SMILES string of the molecule is COc1cc(-c2cccc(-c3cccc(NC(=O)C4C=NC(=O)N(C)C4=O)c3C)c2C)cc(F)c1CNC1CNC1. The van der Waals surface area contributed by atoms with E-state index in [0.717, 1.165) is 52.0 Å². The predicted octanol–water partition coefficient (Wildman–Crippen LogP) is 4.06. The lowest BCUT2D eigenvalue weighted by Gasteiger charge is -2.28. The van der Waals surface area contributed by atoms with Crippen LogP contribution in [0.2, 0.25) is 0 Å². The maximum atomic E-state index is 15.3. The molecule has 1 saturated heterocycles. The fraction of sp³-hybridized carbons (Fsp3) is 0.290. The van der Waals surface area contributed by atoms with Crippen LogP contribution in [0.15, 0.2) is 53.5 Å². The number of halogens is 1. The molecule has 0 bridgehead atoms. The molecule has 1 atom stereocenters. The lowest BCUT2D eigenvalue weighted by molar-refractivity contribution is -0.134. The summed E-state index contributed by atoms with van der Waals surface area (Å²) in [5.74, 6) is -2.25. The lowest BCUT2D eigenvalue weighted by Crippen LogP contribution is -2.55. The van der Waals surface area contributed by atoms with E-state index in [-0.39, 0.29) is 5.82 Å². The number of nitrogens with zero attached hydrogens (tertiary/aromatic N) is 2. The molecule has 2 aliphatic rings. The number of nitrogens with one attached hydrogen (secondary N) is 3. The van der Waals surface area contributed by atoms with E-state index in [2.05, 4.69) is 20.9 Å². The molecular weight excluding hydrogens is 525 g/mol. The Bertz CT molecular complexity index is 1570. The molecular formula is C31H32FN5O4. The molecule has 10 heteroatoms. The summed E-state index contributed by atoms with van der Waals surface area (Å²) in [7, 11) is 2.84. The van der Waals surface area contributed by atoms with E-state index in [1.807, 2.05) is 50.2 Å². The van der Waals surface area contributed by atoms with Crippen molar-refractivity contribution >= 4 is 29.7 Å². The van der Waals surface area contributed by atoms with Crippen LogP contribution in [-0.4, -0.2) is 62.2 Å². The van der Waals surface area contributed by atoms with Crippen molar-refractivity contribution in [3.8, 4) is 28.0 Å². The summed E-state index contributed by atoms with van der Waals surface area (Å²) in [5.41, 5.74) is 6.09. The van der Waals surface area contributed by atoms with Crippen LogP contribution in [0.25, 0.3) is 22.3 Å². The van der Waals surface area contributed by atoms with Gasteiger partial charge in [-0.15, -0.1) is 0 Å². The lowest BCUT2D eigenvalue weighted by atomic mass is 9.90. The molecule has 0 aromatic heterocycles. The number of hydrogen-bond donors (Lipinski definition) is 3. The summed E-state index contributed by atoms with van der Waals surface area (Å²) in [6, 6.07) is 14.4. The average Bonchev–Trinajstić information content (AvgIpc) is 2.93. The molecule has 1 unspecified atom stereocenters. The van der Waals surface area contributed by atoms with Crippen molar-refractivity contribution < 1.29 is 23.5 Å². The highest BCUT2D eigenvalue weighted by Gasteiger charge is 2.34. The van der Waals surface area contributed by atoms with Gasteiger partial charge in [-0.05, 0) is 65.4 Å². The molecule has 4 amide bonds. The number of benzene rings is 3. The summed E-state index contributed by atoms with van der Waals surface area (Å²) in [6.07, 6.45) is 1.08. The van der Waals surface area contributed by atoms with Gasteiger partial charge in [0.2, 0.25) is 11.8 Å². The van der Waals surface area contributed by atoms with Crippen LogP contribution in [0.4, 0.5) is 14.9 Å². The first-order valence-electron chi connectivity index (χ1n) is 13.4. The Kier molecular flexibility index (Phi) is 7.96. The molecule has 5 rings (SSSR count). The number of hydrogen-bond acceptors (Lipinski definition) is 6. The Morgan fingerprint density at radius 1 is 1.07 bits per heavy atom. The molecule has 2 heterocycles. The molecule has 0 saturated carbocycles. The van der Waals surface area contributed by atoms with E-state index in [0.29, 0.717) is 35.2 Å². The van der Waals surface area contributed by atoms with Gasteiger partial charge in [0.25, 0.3) is 0 Å². The Labute approximate surface area is 237 Å². The average molecular weight is 558 g/mol. The van der Waals surface area contributed by atoms with Gasteiger partial charge in [-0.25, -0.2) is 14.2 Å². The highest BCUT2D eigenvalue weighted by atomic mass is 19.1. The summed E-state index contributed by atoms with van der Waals surface area (Å²) >= 11 is 0. The number of carbonyl (C=O) groups is 3. The van der Waals surface area contributed by atoms with Gasteiger partial charge < -0.3 is 20.7 Å². The summed E-state index contributed by atoms with van der Waals surface area (Å²) in [4.78, 5) is 41.5. The third-order valence-corrected chi connectivity index (χ3v) is 7.75. The van der Waals surface area contributed by atoms with Gasteiger partial charge in [-0.3, -0.25) is 14.5 Å². The highest BCUT2D eigenvalue weighted by molar-refractivity contribution is 6.23. The van der Waals surface area contributed by atoms with E-state index < -0.39 is 23.8 Å². The number of ether oxygens (including phenoxy) is 1. The summed E-state index contributed by atoms with van der Waals surface area (Å²) in [6.45, 7) is 5.96. The van der Waals surface area contributed by atoms with Gasteiger partial charge in [0, 0.05) is 50.2 Å². The third-order valence-electron chi connectivity index (χ3n) is 7.75. The number of rotatable bonds is 8. The summed E-state index contributed by atoms with van der Waals surface area (Å²) < 4.78 is 20.9. The van der Waals surface area contributed by atoms with Crippen molar-refractivity contribution in [2.24, 2.45) is 10.9 Å². The molecule has 2 aliphatic heterocycles. The van der Waals surface area contributed by atoms with Gasteiger partial charge in [0.05, 0.1) is 7.11 Å². The minimum Gasteiger partial charge on any atom is -0.496 e. The minimum atomic E-state index is -1.20. The first-order valence-corrected chi connectivity index (χ1v) is 13.4. The van der Waals surface area contributed by atoms with Gasteiger partial charge in [0.15, 0.2) is 5.92 Å². The van der Waals surface area contributed by atoms with Crippen molar-refractivity contribution in [3.05, 3.63) is 71.0 Å². The topological polar surface area (TPSA) is 112 Å². The quantitative estimate of drug-likeness (QED) is 0.360. The first kappa shape index (κ1) is 28.1. The molecule has 9 nitrogen and oxygen atoms in total. The smallest absolute Gasteiger partial charge is 0.349 e. The fourth-order valence-corrected chi connectivity index (χ4v) is 5.08. The Hall–Kier alpha value is -4.41. The van der Waals surface area contributed by atoms with E-state index >= 15 is 4.39 Å². The monoisotopic (exact) mass is 557 g/mol. The summed E-state index contributed by atoms with van der Waals surface area (Å²) in [5, 5.41) is 9.36. The van der Waals surface area contributed by atoms with Crippen molar-refractivity contribution in [1.29, 1.82) is 0 Å². The van der Waals surface area contributed by atoms with Crippen LogP contribution in [0.3, 0.4) is 0 Å². The number of amides is 4. The number of urea groups is 1. The van der Waals surface area contributed by atoms with E-state index in [4.69, 9.17) is 4.74 Å². The van der Waals surface area contributed by atoms with Crippen molar-refractivity contribution in [3.63, 3.8) is 0 Å². The van der Waals surface area contributed by atoms with E-state index in [1.54, 1.807) is 19.2 Å². The molecule has 3 aromatic carbocycles. The Balaban J connectivity index is 1.44. The zero-order valence-corrected chi connectivity index (χ0v) is 23.4. The molecule has 41 heavy (non-hydrogen) atoms. The maximum Gasteiger partial charge on any atom is 0.349 e. The molecule has 3 N–H and O–H groups in total. The normalized spacial score (nSPS) is 17.0. The van der Waals surface area contributed by atoms with Crippen molar-refractivity contribution in [1.82, 2.24) is 15.5 Å². The molecule has 3 aromatic rings. The second-order valence-electron chi connectivity index (χ2n) is 10.3. The zero-order chi connectivity index (χ0) is 29.3. The third kappa shape index (κ3) is 5.48. The number of carbonyl (C=O) groups excluding carboxylic acids is 3.